The summed E-state index contributed by atoms with van der Waals surface area (Å²) in [5.74, 6) is 0.288. The van der Waals surface area contributed by atoms with Gasteiger partial charge >= 0.3 is 6.03 Å². The minimum absolute atomic E-state index is 0.158. The van der Waals surface area contributed by atoms with E-state index in [-0.39, 0.29) is 11.9 Å². The van der Waals surface area contributed by atoms with Crippen molar-refractivity contribution in [1.82, 2.24) is 0 Å². The number of carbonyl (C=O) groups is 1. The fourth-order valence-electron chi connectivity index (χ4n) is 3.24. The first-order valence-electron chi connectivity index (χ1n) is 10.0. The molecule has 0 bridgehead atoms. The Kier molecular flexibility index (Phi) is 7.30. The molecule has 0 spiro atoms. The Morgan fingerprint density at radius 3 is 2.38 bits per heavy atom. The molecule has 8 heteroatoms. The van der Waals surface area contributed by atoms with Gasteiger partial charge in [0.1, 0.15) is 18.2 Å². The first-order valence-corrected chi connectivity index (χ1v) is 10.0. The smallest absolute Gasteiger partial charge is 0.323 e. The zero-order chi connectivity index (χ0) is 23.1. The minimum atomic E-state index is -0.338. The van der Waals surface area contributed by atoms with E-state index in [1.54, 1.807) is 25.3 Å². The van der Waals surface area contributed by atoms with E-state index in [1.165, 1.54) is 0 Å². The summed E-state index contributed by atoms with van der Waals surface area (Å²) in [5, 5.41) is 13.6. The van der Waals surface area contributed by atoms with Crippen LogP contribution in [0.3, 0.4) is 0 Å². The highest BCUT2D eigenvalue weighted by Gasteiger charge is 2.16. The largest absolute Gasteiger partial charge is 0.489 e. The van der Waals surface area contributed by atoms with Crippen molar-refractivity contribution in [2.45, 2.75) is 6.92 Å². The summed E-state index contributed by atoms with van der Waals surface area (Å²) in [6.45, 7) is 2.72. The Morgan fingerprint density at radius 2 is 1.72 bits per heavy atom. The maximum absolute atomic E-state index is 12.3. The number of amides is 2. The molecule has 0 heterocycles. The maximum Gasteiger partial charge on any atom is 0.323 e. The number of methoxy groups -OCH3 is 1. The number of rotatable bonds is 8. The number of benzene rings is 3. The lowest BCUT2D eigenvalue weighted by Crippen LogP contribution is -2.19. The number of nitrogens with one attached hydrogen (secondary N) is 3. The highest BCUT2D eigenvalue weighted by atomic mass is 16.5. The summed E-state index contributed by atoms with van der Waals surface area (Å²) in [5.41, 5.74) is 16.6. The SMILES string of the molecule is COCCOc1ccc(-c2ccc(NC(=O)Nc3cccc(C)c3)cc2)c(C(=N)N)c1N. The molecule has 0 atom stereocenters. The molecule has 3 aromatic carbocycles. The molecule has 166 valence electrons. The number of carbonyl (C=O) groups excluding carboxylic acids is 1. The fraction of sp³-hybridized carbons (Fsp3) is 0.167. The average molecular weight is 434 g/mol. The van der Waals surface area contributed by atoms with E-state index in [2.05, 4.69) is 10.6 Å². The van der Waals surface area contributed by atoms with Gasteiger partial charge in [0.05, 0.1) is 17.9 Å². The quantitative estimate of drug-likeness (QED) is 0.157. The third-order valence-corrected chi connectivity index (χ3v) is 4.75. The third-order valence-electron chi connectivity index (χ3n) is 4.75. The van der Waals surface area contributed by atoms with E-state index in [1.807, 2.05) is 49.4 Å². The van der Waals surface area contributed by atoms with E-state index in [0.717, 1.165) is 11.1 Å². The van der Waals surface area contributed by atoms with Crippen LogP contribution in [-0.4, -0.2) is 32.2 Å². The molecular formula is C24H27N5O3. The lowest BCUT2D eigenvalue weighted by atomic mass is 9.96. The van der Waals surface area contributed by atoms with Crippen molar-refractivity contribution >= 4 is 28.9 Å². The Hall–Kier alpha value is -4.04. The fourth-order valence-corrected chi connectivity index (χ4v) is 3.24. The lowest BCUT2D eigenvalue weighted by molar-refractivity contribution is 0.146. The summed E-state index contributed by atoms with van der Waals surface area (Å²) < 4.78 is 10.6. The van der Waals surface area contributed by atoms with Crippen molar-refractivity contribution in [3.63, 3.8) is 0 Å². The molecule has 3 rings (SSSR count). The zero-order valence-corrected chi connectivity index (χ0v) is 18.1. The summed E-state index contributed by atoms with van der Waals surface area (Å²) in [6.07, 6.45) is 0. The van der Waals surface area contributed by atoms with E-state index in [4.69, 9.17) is 26.4 Å². The van der Waals surface area contributed by atoms with Crippen LogP contribution in [0.1, 0.15) is 11.1 Å². The van der Waals surface area contributed by atoms with E-state index in [0.29, 0.717) is 47.2 Å². The number of anilines is 3. The van der Waals surface area contributed by atoms with Crippen LogP contribution in [-0.2, 0) is 4.74 Å². The summed E-state index contributed by atoms with van der Waals surface area (Å²) in [7, 11) is 1.58. The molecule has 0 radical (unpaired) electrons. The molecule has 0 aromatic heterocycles. The van der Waals surface area contributed by atoms with E-state index in [9.17, 15) is 4.79 Å². The lowest BCUT2D eigenvalue weighted by Gasteiger charge is -2.16. The van der Waals surface area contributed by atoms with Crippen LogP contribution in [0.15, 0.2) is 60.7 Å². The highest BCUT2D eigenvalue weighted by molar-refractivity contribution is 6.07. The van der Waals surface area contributed by atoms with Crippen LogP contribution in [0, 0.1) is 12.3 Å². The Balaban J connectivity index is 1.76. The third kappa shape index (κ3) is 5.55. The van der Waals surface area contributed by atoms with Gasteiger partial charge in [-0.15, -0.1) is 0 Å². The second-order valence-corrected chi connectivity index (χ2v) is 7.18. The molecule has 0 aliphatic carbocycles. The predicted octanol–water partition coefficient (Wildman–Crippen LogP) is 4.20. The van der Waals surface area contributed by atoms with Crippen molar-refractivity contribution in [3.05, 3.63) is 71.8 Å². The van der Waals surface area contributed by atoms with Crippen molar-refractivity contribution < 1.29 is 14.3 Å². The van der Waals surface area contributed by atoms with Gasteiger partial charge in [0.15, 0.2) is 0 Å². The van der Waals surface area contributed by atoms with Gasteiger partial charge in [-0.25, -0.2) is 4.79 Å². The van der Waals surface area contributed by atoms with Crippen molar-refractivity contribution in [3.8, 4) is 16.9 Å². The maximum atomic E-state index is 12.3. The predicted molar refractivity (Wildman–Crippen MR) is 128 cm³/mol. The molecule has 0 aliphatic rings. The number of nitrogen functional groups attached to an aromatic ring is 2. The normalized spacial score (nSPS) is 10.4. The Labute approximate surface area is 187 Å². The first kappa shape index (κ1) is 22.6. The first-order chi connectivity index (χ1) is 15.4. The highest BCUT2D eigenvalue weighted by Crippen LogP contribution is 2.34. The molecule has 3 aromatic rings. The topological polar surface area (TPSA) is 135 Å². The van der Waals surface area contributed by atoms with Crippen LogP contribution in [0.2, 0.25) is 0 Å². The average Bonchev–Trinajstić information content (AvgIpc) is 2.75. The second kappa shape index (κ2) is 10.3. The van der Waals surface area contributed by atoms with Gasteiger partial charge in [0.2, 0.25) is 0 Å². The summed E-state index contributed by atoms with van der Waals surface area (Å²) >= 11 is 0. The van der Waals surface area contributed by atoms with Crippen molar-refractivity contribution in [2.24, 2.45) is 5.73 Å². The molecule has 0 aliphatic heterocycles. The monoisotopic (exact) mass is 433 g/mol. The number of ether oxygens (including phenoxy) is 2. The molecule has 0 unspecified atom stereocenters. The Morgan fingerprint density at radius 1 is 1.00 bits per heavy atom. The van der Waals surface area contributed by atoms with Crippen LogP contribution in [0.5, 0.6) is 5.75 Å². The summed E-state index contributed by atoms with van der Waals surface area (Å²) in [6, 6.07) is 18.0. The molecule has 0 saturated carbocycles. The number of hydrogen-bond acceptors (Lipinski definition) is 5. The number of amidine groups is 1. The van der Waals surface area contributed by atoms with Crippen molar-refractivity contribution in [2.75, 3.05) is 36.7 Å². The van der Waals surface area contributed by atoms with Gasteiger partial charge in [-0.05, 0) is 60.0 Å². The summed E-state index contributed by atoms with van der Waals surface area (Å²) in [4.78, 5) is 12.3. The van der Waals surface area contributed by atoms with Gasteiger partial charge < -0.3 is 31.6 Å². The zero-order valence-electron chi connectivity index (χ0n) is 18.1. The number of hydrogen-bond donors (Lipinski definition) is 5. The van der Waals surface area contributed by atoms with E-state index >= 15 is 0 Å². The molecule has 2 amide bonds. The van der Waals surface area contributed by atoms with Crippen molar-refractivity contribution in [1.29, 1.82) is 5.41 Å². The second-order valence-electron chi connectivity index (χ2n) is 7.18. The number of aryl methyl sites for hydroxylation is 1. The van der Waals surface area contributed by atoms with Crippen LogP contribution in [0.25, 0.3) is 11.1 Å². The molecule has 32 heavy (non-hydrogen) atoms. The van der Waals surface area contributed by atoms with Crippen LogP contribution in [0.4, 0.5) is 21.9 Å². The van der Waals surface area contributed by atoms with Gasteiger partial charge in [0.25, 0.3) is 0 Å². The molecule has 7 N–H and O–H groups in total. The van der Waals surface area contributed by atoms with Gasteiger partial charge in [-0.3, -0.25) is 5.41 Å². The Bertz CT molecular complexity index is 1110. The molecule has 8 nitrogen and oxygen atoms in total. The molecule has 0 fully saturated rings. The van der Waals surface area contributed by atoms with Crippen LogP contribution >= 0.6 is 0 Å². The van der Waals surface area contributed by atoms with Gasteiger partial charge in [-0.2, -0.15) is 0 Å². The molecule has 0 saturated heterocycles. The van der Waals surface area contributed by atoms with Gasteiger partial charge in [0, 0.05) is 18.5 Å². The molecular weight excluding hydrogens is 406 g/mol. The number of urea groups is 1. The van der Waals surface area contributed by atoms with E-state index < -0.39 is 0 Å². The van der Waals surface area contributed by atoms with Crippen LogP contribution < -0.4 is 26.8 Å². The minimum Gasteiger partial charge on any atom is -0.489 e. The van der Waals surface area contributed by atoms with Gasteiger partial charge in [-0.1, -0.05) is 24.3 Å². The standard InChI is InChI=1S/C24H27N5O3/c1-15-4-3-5-18(14-15)29-24(30)28-17-8-6-16(7-9-17)19-10-11-20(32-13-12-31-2)22(25)21(19)23(26)27/h3-11,14H,12-13,25H2,1-2H3,(H3,26,27)(H2,28,29,30). The number of nitrogens with two attached hydrogens (primary N) is 2.